The molecule has 0 atom stereocenters. The number of carbonyl (C=O) groups excluding carboxylic acids is 1. The number of aromatic nitrogens is 2. The lowest BCUT2D eigenvalue weighted by molar-refractivity contribution is 0.0961. The minimum atomic E-state index is -3.31. The second kappa shape index (κ2) is 6.61. The second-order valence-electron chi connectivity index (χ2n) is 5.89. The molecule has 0 radical (unpaired) electrons. The fraction of sp³-hybridized carbons (Fsp3) is 0.222. The number of nitrogens with zero attached hydrogens (tertiary/aromatic N) is 2. The monoisotopic (exact) mass is 376 g/mol. The molecule has 0 amide bonds. The van der Waals surface area contributed by atoms with Gasteiger partial charge < -0.3 is 0 Å². The standard InChI is InChI=1S/C18H17ClN2O3S/c1-3-4-14-9-13-10-15(25(2,23)24)6-7-16(13)21(14)18(22)12-5-8-17(19)20-11-12/h5-11H,3-4H2,1-2H3. The van der Waals surface area contributed by atoms with E-state index in [-0.39, 0.29) is 10.8 Å². The Morgan fingerprint density at radius 1 is 1.20 bits per heavy atom. The van der Waals surface area contributed by atoms with Gasteiger partial charge in [0.2, 0.25) is 0 Å². The summed E-state index contributed by atoms with van der Waals surface area (Å²) >= 11 is 5.79. The van der Waals surface area contributed by atoms with Gasteiger partial charge in [0.25, 0.3) is 5.91 Å². The third kappa shape index (κ3) is 3.45. The molecule has 0 saturated carbocycles. The van der Waals surface area contributed by atoms with E-state index in [2.05, 4.69) is 4.98 Å². The Morgan fingerprint density at radius 3 is 2.56 bits per heavy atom. The molecule has 2 aromatic heterocycles. The van der Waals surface area contributed by atoms with Crippen LogP contribution in [0.2, 0.25) is 5.15 Å². The van der Waals surface area contributed by atoms with Crippen LogP contribution in [-0.4, -0.2) is 30.1 Å². The highest BCUT2D eigenvalue weighted by Gasteiger charge is 2.18. The fourth-order valence-electron chi connectivity index (χ4n) is 2.79. The molecular weight excluding hydrogens is 360 g/mol. The van der Waals surface area contributed by atoms with Crippen LogP contribution in [0, 0.1) is 0 Å². The van der Waals surface area contributed by atoms with Gasteiger partial charge in [-0.1, -0.05) is 24.9 Å². The summed E-state index contributed by atoms with van der Waals surface area (Å²) in [4.78, 5) is 17.2. The van der Waals surface area contributed by atoms with E-state index in [0.29, 0.717) is 22.7 Å². The van der Waals surface area contributed by atoms with E-state index in [4.69, 9.17) is 11.6 Å². The van der Waals surface area contributed by atoms with Crippen LogP contribution in [0.3, 0.4) is 0 Å². The molecule has 0 saturated heterocycles. The van der Waals surface area contributed by atoms with Gasteiger partial charge in [0, 0.05) is 23.5 Å². The van der Waals surface area contributed by atoms with E-state index in [0.717, 1.165) is 17.5 Å². The van der Waals surface area contributed by atoms with Crippen LogP contribution in [0.15, 0.2) is 47.5 Å². The highest BCUT2D eigenvalue weighted by atomic mass is 35.5. The number of rotatable bonds is 4. The van der Waals surface area contributed by atoms with Crippen LogP contribution in [0.5, 0.6) is 0 Å². The lowest BCUT2D eigenvalue weighted by atomic mass is 10.2. The highest BCUT2D eigenvalue weighted by Crippen LogP contribution is 2.25. The molecule has 1 aromatic carbocycles. The Balaban J connectivity index is 2.19. The molecule has 5 nitrogen and oxygen atoms in total. The predicted octanol–water partition coefficient (Wildman–Crippen LogP) is 3.73. The average molecular weight is 377 g/mol. The van der Waals surface area contributed by atoms with Crippen LogP contribution in [0.1, 0.15) is 29.4 Å². The molecule has 3 rings (SSSR count). The maximum atomic E-state index is 13.0. The number of aryl methyl sites for hydroxylation is 1. The van der Waals surface area contributed by atoms with E-state index in [1.165, 1.54) is 18.5 Å². The van der Waals surface area contributed by atoms with Crippen molar-refractivity contribution in [2.75, 3.05) is 6.26 Å². The number of benzene rings is 1. The van der Waals surface area contributed by atoms with Crippen LogP contribution in [0.4, 0.5) is 0 Å². The summed E-state index contributed by atoms with van der Waals surface area (Å²) in [6.45, 7) is 2.03. The van der Waals surface area contributed by atoms with Gasteiger partial charge in [-0.3, -0.25) is 9.36 Å². The summed E-state index contributed by atoms with van der Waals surface area (Å²) in [5.41, 5.74) is 1.94. The van der Waals surface area contributed by atoms with Gasteiger partial charge in [0.05, 0.1) is 16.0 Å². The molecule has 25 heavy (non-hydrogen) atoms. The number of pyridine rings is 1. The van der Waals surface area contributed by atoms with Crippen molar-refractivity contribution in [3.8, 4) is 0 Å². The zero-order valence-electron chi connectivity index (χ0n) is 13.9. The Bertz CT molecular complexity index is 1050. The predicted molar refractivity (Wildman–Crippen MR) is 98.0 cm³/mol. The first-order chi connectivity index (χ1) is 11.8. The SMILES string of the molecule is CCCc1cc2cc(S(C)(=O)=O)ccc2n1C(=O)c1ccc(Cl)nc1. The van der Waals surface area contributed by atoms with Crippen LogP contribution < -0.4 is 0 Å². The quantitative estimate of drug-likeness (QED) is 0.650. The van der Waals surface area contributed by atoms with Gasteiger partial charge in [-0.05, 0) is 42.8 Å². The number of carbonyl (C=O) groups is 1. The van der Waals surface area contributed by atoms with Gasteiger partial charge in [-0.2, -0.15) is 0 Å². The molecule has 7 heteroatoms. The lowest BCUT2D eigenvalue weighted by Gasteiger charge is -2.09. The van der Waals surface area contributed by atoms with E-state index >= 15 is 0 Å². The summed E-state index contributed by atoms with van der Waals surface area (Å²) in [6, 6.07) is 9.87. The average Bonchev–Trinajstić information content (AvgIpc) is 2.91. The Labute approximate surface area is 151 Å². The first-order valence-electron chi connectivity index (χ1n) is 7.82. The van der Waals surface area contributed by atoms with Crippen molar-refractivity contribution in [3.63, 3.8) is 0 Å². The van der Waals surface area contributed by atoms with Crippen LogP contribution in [-0.2, 0) is 16.3 Å². The van der Waals surface area contributed by atoms with Crippen LogP contribution in [0.25, 0.3) is 10.9 Å². The number of sulfone groups is 1. The van der Waals surface area contributed by atoms with Crippen molar-refractivity contribution >= 4 is 38.2 Å². The number of hydrogen-bond acceptors (Lipinski definition) is 4. The Kier molecular flexibility index (Phi) is 4.67. The van der Waals surface area contributed by atoms with E-state index in [9.17, 15) is 13.2 Å². The van der Waals surface area contributed by atoms with Crippen molar-refractivity contribution in [2.24, 2.45) is 0 Å². The lowest BCUT2D eigenvalue weighted by Crippen LogP contribution is -2.15. The third-order valence-corrected chi connectivity index (χ3v) is 5.29. The maximum Gasteiger partial charge on any atom is 0.264 e. The summed E-state index contributed by atoms with van der Waals surface area (Å²) in [6.07, 6.45) is 4.18. The molecule has 0 N–H and O–H groups in total. The summed E-state index contributed by atoms with van der Waals surface area (Å²) < 4.78 is 25.2. The normalized spacial score (nSPS) is 11.8. The topological polar surface area (TPSA) is 69.0 Å². The summed E-state index contributed by atoms with van der Waals surface area (Å²) in [5.74, 6) is -0.213. The van der Waals surface area contributed by atoms with Crippen molar-refractivity contribution in [1.82, 2.24) is 9.55 Å². The number of hydrogen-bond donors (Lipinski definition) is 0. The van der Waals surface area contributed by atoms with E-state index < -0.39 is 9.84 Å². The third-order valence-electron chi connectivity index (χ3n) is 3.96. The van der Waals surface area contributed by atoms with Crippen molar-refractivity contribution in [3.05, 3.63) is 59.0 Å². The van der Waals surface area contributed by atoms with Gasteiger partial charge in [0.15, 0.2) is 9.84 Å². The minimum absolute atomic E-state index is 0.213. The Hall–Kier alpha value is -2.18. The molecule has 0 bridgehead atoms. The second-order valence-corrected chi connectivity index (χ2v) is 8.29. The minimum Gasteiger partial charge on any atom is -0.280 e. The number of halogens is 1. The van der Waals surface area contributed by atoms with Crippen molar-refractivity contribution in [1.29, 1.82) is 0 Å². The maximum absolute atomic E-state index is 13.0. The van der Waals surface area contributed by atoms with Gasteiger partial charge in [0.1, 0.15) is 5.15 Å². The Morgan fingerprint density at radius 2 is 1.96 bits per heavy atom. The zero-order chi connectivity index (χ0) is 18.2. The summed E-state index contributed by atoms with van der Waals surface area (Å²) in [5, 5.41) is 1.04. The summed E-state index contributed by atoms with van der Waals surface area (Å²) in [7, 11) is -3.31. The molecule has 0 unspecified atom stereocenters. The largest absolute Gasteiger partial charge is 0.280 e. The van der Waals surface area contributed by atoms with Gasteiger partial charge in [-0.15, -0.1) is 0 Å². The molecule has 0 fully saturated rings. The van der Waals surface area contributed by atoms with Crippen molar-refractivity contribution < 1.29 is 13.2 Å². The first-order valence-corrected chi connectivity index (χ1v) is 10.1. The number of fused-ring (bicyclic) bond motifs is 1. The first kappa shape index (κ1) is 17.6. The van der Waals surface area contributed by atoms with Gasteiger partial charge >= 0.3 is 0 Å². The van der Waals surface area contributed by atoms with E-state index in [1.54, 1.807) is 28.8 Å². The van der Waals surface area contributed by atoms with E-state index in [1.807, 2.05) is 13.0 Å². The molecule has 0 aliphatic carbocycles. The van der Waals surface area contributed by atoms with Crippen LogP contribution >= 0.6 is 11.6 Å². The zero-order valence-corrected chi connectivity index (χ0v) is 15.4. The molecule has 0 aliphatic rings. The molecular formula is C18H17ClN2O3S. The molecule has 3 aromatic rings. The highest BCUT2D eigenvalue weighted by molar-refractivity contribution is 7.90. The smallest absolute Gasteiger partial charge is 0.264 e. The molecule has 130 valence electrons. The fourth-order valence-corrected chi connectivity index (χ4v) is 3.56. The van der Waals surface area contributed by atoms with Crippen molar-refractivity contribution in [2.45, 2.75) is 24.7 Å². The molecule has 0 spiro atoms. The molecule has 0 aliphatic heterocycles. The van der Waals surface area contributed by atoms with Gasteiger partial charge in [-0.25, -0.2) is 13.4 Å². The molecule has 2 heterocycles.